The van der Waals surface area contributed by atoms with E-state index in [0.29, 0.717) is 13.1 Å². The zero-order valence-corrected chi connectivity index (χ0v) is 15.9. The molecule has 1 spiro atoms. The second-order valence-electron chi connectivity index (χ2n) is 7.28. The lowest BCUT2D eigenvalue weighted by Crippen LogP contribution is -2.59. The zero-order chi connectivity index (χ0) is 19.0. The number of hydrogen-bond donors (Lipinski definition) is 1. The van der Waals surface area contributed by atoms with Crippen LogP contribution in [0.25, 0.3) is 11.3 Å². The summed E-state index contributed by atoms with van der Waals surface area (Å²) in [7, 11) is 1.67. The number of likely N-dealkylation sites (N-methyl/N-ethyl adjacent to an activating group) is 1. The maximum Gasteiger partial charge on any atom is 0.317 e. The van der Waals surface area contributed by atoms with Gasteiger partial charge in [-0.3, -0.25) is 4.90 Å². The van der Waals surface area contributed by atoms with Gasteiger partial charge in [0.2, 0.25) is 0 Å². The van der Waals surface area contributed by atoms with Gasteiger partial charge in [0.25, 0.3) is 0 Å². The van der Waals surface area contributed by atoms with Crippen molar-refractivity contribution in [2.24, 2.45) is 0 Å². The van der Waals surface area contributed by atoms with Crippen LogP contribution in [0.1, 0.15) is 25.6 Å². The van der Waals surface area contributed by atoms with Gasteiger partial charge in [0.1, 0.15) is 11.6 Å². The molecule has 2 aliphatic heterocycles. The summed E-state index contributed by atoms with van der Waals surface area (Å²) in [6, 6.07) is 6.68. The monoisotopic (exact) mass is 371 g/mol. The first-order chi connectivity index (χ1) is 13.1. The maximum absolute atomic E-state index is 13.7. The van der Waals surface area contributed by atoms with Crippen LogP contribution < -0.4 is 5.32 Å². The molecule has 1 saturated heterocycles. The van der Waals surface area contributed by atoms with E-state index in [2.05, 4.69) is 21.7 Å². The fraction of sp³-hybridized carbons (Fsp3) is 0.500. The van der Waals surface area contributed by atoms with Crippen LogP contribution in [0, 0.1) is 5.82 Å². The van der Waals surface area contributed by atoms with Crippen LogP contribution in [-0.2, 0) is 12.1 Å². The van der Waals surface area contributed by atoms with Crippen molar-refractivity contribution in [1.82, 2.24) is 24.7 Å². The summed E-state index contributed by atoms with van der Waals surface area (Å²) >= 11 is 0. The van der Waals surface area contributed by atoms with Gasteiger partial charge in [0, 0.05) is 38.8 Å². The molecule has 0 unspecified atom stereocenters. The number of nitrogens with one attached hydrogen (secondary N) is 1. The van der Waals surface area contributed by atoms with Gasteiger partial charge in [-0.2, -0.15) is 0 Å². The lowest BCUT2D eigenvalue weighted by molar-refractivity contribution is 0.00288. The molecular formula is C20H26FN5O. The summed E-state index contributed by atoms with van der Waals surface area (Å²) in [5, 5.41) is 2.72. The van der Waals surface area contributed by atoms with Crippen molar-refractivity contribution in [1.29, 1.82) is 0 Å². The predicted octanol–water partition coefficient (Wildman–Crippen LogP) is 2.66. The zero-order valence-electron chi connectivity index (χ0n) is 15.9. The number of rotatable bonds is 2. The molecule has 0 bridgehead atoms. The van der Waals surface area contributed by atoms with E-state index >= 15 is 0 Å². The van der Waals surface area contributed by atoms with Gasteiger partial charge in [-0.1, -0.05) is 19.1 Å². The highest BCUT2D eigenvalue weighted by Crippen LogP contribution is 2.42. The molecule has 1 N–H and O–H groups in total. The first kappa shape index (κ1) is 18.0. The number of carbonyl (C=O) groups excluding carboxylic acids is 1. The molecule has 3 heterocycles. The average Bonchev–Trinajstić information content (AvgIpc) is 3.13. The minimum Gasteiger partial charge on any atom is -0.341 e. The lowest BCUT2D eigenvalue weighted by Gasteiger charge is -2.50. The number of aromatic nitrogens is 2. The van der Waals surface area contributed by atoms with E-state index in [1.807, 2.05) is 17.2 Å². The van der Waals surface area contributed by atoms with E-state index in [-0.39, 0.29) is 17.4 Å². The molecule has 7 heteroatoms. The predicted molar refractivity (Wildman–Crippen MR) is 102 cm³/mol. The van der Waals surface area contributed by atoms with Crippen LogP contribution in [0.15, 0.2) is 30.5 Å². The lowest BCUT2D eigenvalue weighted by atomic mass is 9.83. The van der Waals surface area contributed by atoms with Gasteiger partial charge in [0.15, 0.2) is 0 Å². The van der Waals surface area contributed by atoms with Gasteiger partial charge in [0.05, 0.1) is 17.4 Å². The topological polar surface area (TPSA) is 53.4 Å². The number of urea groups is 1. The first-order valence-electron chi connectivity index (χ1n) is 9.62. The SMILES string of the molecule is CCN1CCn2c(-c3cccc(F)c3)cnc2C12CCN(C(=O)NC)CC2. The van der Waals surface area contributed by atoms with Crippen LogP contribution in [0.4, 0.5) is 9.18 Å². The summed E-state index contributed by atoms with van der Waals surface area (Å²) in [6.45, 7) is 6.32. The molecule has 0 radical (unpaired) electrons. The number of piperidine rings is 1. The Kier molecular flexibility index (Phi) is 4.63. The third-order valence-electron chi connectivity index (χ3n) is 6.06. The molecule has 2 aliphatic rings. The number of amides is 2. The molecule has 1 fully saturated rings. The summed E-state index contributed by atoms with van der Waals surface area (Å²) in [5.41, 5.74) is 1.66. The second kappa shape index (κ2) is 6.96. The molecule has 6 nitrogen and oxygen atoms in total. The van der Waals surface area contributed by atoms with Gasteiger partial charge in [-0.15, -0.1) is 0 Å². The molecule has 144 valence electrons. The molecular weight excluding hydrogens is 345 g/mol. The molecule has 1 aromatic heterocycles. The Bertz CT molecular complexity index is 841. The van der Waals surface area contributed by atoms with Crippen molar-refractivity contribution >= 4 is 6.03 Å². The van der Waals surface area contributed by atoms with Gasteiger partial charge in [-0.25, -0.2) is 14.2 Å². The van der Waals surface area contributed by atoms with Crippen LogP contribution in [-0.4, -0.2) is 58.6 Å². The summed E-state index contributed by atoms with van der Waals surface area (Å²) < 4.78 is 16.0. The van der Waals surface area contributed by atoms with Crippen LogP contribution in [0.5, 0.6) is 0 Å². The normalized spacial score (nSPS) is 19.1. The standard InChI is InChI=1S/C20H26FN5O/c1-3-25-11-12-26-17(15-5-4-6-16(21)13-15)14-23-18(26)20(25)7-9-24(10-8-20)19(27)22-2/h4-6,13-14H,3,7-12H2,1-2H3,(H,22,27). The van der Waals surface area contributed by atoms with Crippen LogP contribution >= 0.6 is 0 Å². The largest absolute Gasteiger partial charge is 0.341 e. The van der Waals surface area contributed by atoms with Crippen molar-refractivity contribution in [3.05, 3.63) is 42.1 Å². The Hall–Kier alpha value is -2.41. The molecule has 0 aliphatic carbocycles. The van der Waals surface area contributed by atoms with E-state index in [4.69, 9.17) is 4.98 Å². The number of hydrogen-bond acceptors (Lipinski definition) is 3. The molecule has 4 rings (SSSR count). The molecule has 0 saturated carbocycles. The number of benzene rings is 1. The van der Waals surface area contributed by atoms with Crippen molar-refractivity contribution in [3.8, 4) is 11.3 Å². The van der Waals surface area contributed by atoms with Crippen LogP contribution in [0.2, 0.25) is 0 Å². The molecule has 1 aromatic carbocycles. The minimum absolute atomic E-state index is 0.0208. The Labute approximate surface area is 159 Å². The Morgan fingerprint density at radius 3 is 2.70 bits per heavy atom. The summed E-state index contributed by atoms with van der Waals surface area (Å²) in [6.07, 6.45) is 3.58. The quantitative estimate of drug-likeness (QED) is 0.883. The second-order valence-corrected chi connectivity index (χ2v) is 7.28. The van der Waals surface area contributed by atoms with E-state index in [0.717, 1.165) is 49.6 Å². The number of halogens is 1. The maximum atomic E-state index is 13.7. The highest BCUT2D eigenvalue weighted by Gasteiger charge is 2.47. The van der Waals surface area contributed by atoms with Gasteiger partial charge in [-0.05, 0) is 31.5 Å². The van der Waals surface area contributed by atoms with E-state index in [9.17, 15) is 9.18 Å². The van der Waals surface area contributed by atoms with E-state index in [1.54, 1.807) is 19.2 Å². The van der Waals surface area contributed by atoms with Crippen molar-refractivity contribution < 1.29 is 9.18 Å². The summed E-state index contributed by atoms with van der Waals surface area (Å²) in [4.78, 5) is 21.2. The fourth-order valence-electron chi connectivity index (χ4n) is 4.67. The van der Waals surface area contributed by atoms with E-state index < -0.39 is 0 Å². The highest BCUT2D eigenvalue weighted by molar-refractivity contribution is 5.74. The van der Waals surface area contributed by atoms with E-state index in [1.165, 1.54) is 6.07 Å². The third-order valence-corrected chi connectivity index (χ3v) is 6.06. The van der Waals surface area contributed by atoms with Crippen molar-refractivity contribution in [2.45, 2.75) is 31.8 Å². The minimum atomic E-state index is -0.234. The number of likely N-dealkylation sites (tertiary alicyclic amines) is 1. The number of imidazole rings is 1. The molecule has 2 aromatic rings. The average molecular weight is 371 g/mol. The Morgan fingerprint density at radius 2 is 2.04 bits per heavy atom. The van der Waals surface area contributed by atoms with Crippen molar-refractivity contribution in [2.75, 3.05) is 33.2 Å². The third kappa shape index (κ3) is 2.90. The Balaban J connectivity index is 1.71. The van der Waals surface area contributed by atoms with Gasteiger partial charge < -0.3 is 14.8 Å². The Morgan fingerprint density at radius 1 is 1.26 bits per heavy atom. The van der Waals surface area contributed by atoms with Crippen molar-refractivity contribution in [3.63, 3.8) is 0 Å². The number of fused-ring (bicyclic) bond motifs is 2. The first-order valence-corrected chi connectivity index (χ1v) is 9.62. The number of nitrogens with zero attached hydrogens (tertiary/aromatic N) is 4. The van der Waals surface area contributed by atoms with Gasteiger partial charge >= 0.3 is 6.03 Å². The molecule has 27 heavy (non-hydrogen) atoms. The molecule has 0 atom stereocenters. The fourth-order valence-corrected chi connectivity index (χ4v) is 4.67. The highest BCUT2D eigenvalue weighted by atomic mass is 19.1. The summed E-state index contributed by atoms with van der Waals surface area (Å²) in [5.74, 6) is 0.814. The molecule has 2 amide bonds. The number of carbonyl (C=O) groups is 1. The smallest absolute Gasteiger partial charge is 0.317 e. The van der Waals surface area contributed by atoms with Crippen LogP contribution in [0.3, 0.4) is 0 Å².